The summed E-state index contributed by atoms with van der Waals surface area (Å²) in [5.41, 5.74) is 7.63. The van der Waals surface area contributed by atoms with Crippen molar-refractivity contribution in [3.05, 3.63) is 46.6 Å². The molecule has 0 bridgehead atoms. The van der Waals surface area contributed by atoms with E-state index < -0.39 is 0 Å². The van der Waals surface area contributed by atoms with Crippen LogP contribution in [0, 0.1) is 6.92 Å². The van der Waals surface area contributed by atoms with Crippen LogP contribution in [0.1, 0.15) is 11.3 Å². The average Bonchev–Trinajstić information content (AvgIpc) is 2.27. The van der Waals surface area contributed by atoms with E-state index in [1.807, 2.05) is 49.2 Å². The van der Waals surface area contributed by atoms with Crippen molar-refractivity contribution in [1.29, 1.82) is 0 Å². The Morgan fingerprint density at radius 1 is 1.28 bits per heavy atom. The molecule has 5 heteroatoms. The van der Waals surface area contributed by atoms with Gasteiger partial charge in [0.05, 0.1) is 0 Å². The zero-order valence-electron chi connectivity index (χ0n) is 10.4. The van der Waals surface area contributed by atoms with E-state index in [0.717, 1.165) is 28.6 Å². The van der Waals surface area contributed by atoms with E-state index in [-0.39, 0.29) is 0 Å². The molecule has 0 amide bonds. The summed E-state index contributed by atoms with van der Waals surface area (Å²) in [7, 11) is 1.96. The molecule has 0 aliphatic carbocycles. The molecule has 18 heavy (non-hydrogen) atoms. The average molecular weight is 263 g/mol. The lowest BCUT2D eigenvalue weighted by molar-refractivity contribution is 0.889. The predicted octanol–water partition coefficient (Wildman–Crippen LogP) is 2.66. The summed E-state index contributed by atoms with van der Waals surface area (Å²) in [6.07, 6.45) is 0. The van der Waals surface area contributed by atoms with E-state index in [9.17, 15) is 0 Å². The first-order valence-corrected chi connectivity index (χ1v) is 5.99. The first-order chi connectivity index (χ1) is 8.54. The van der Waals surface area contributed by atoms with Crippen LogP contribution < -0.4 is 10.6 Å². The first kappa shape index (κ1) is 12.6. The number of nitrogen functional groups attached to an aromatic ring is 1. The molecule has 0 radical (unpaired) electrons. The van der Waals surface area contributed by atoms with Gasteiger partial charge in [-0.05, 0) is 24.6 Å². The van der Waals surface area contributed by atoms with Crippen molar-refractivity contribution in [1.82, 2.24) is 9.97 Å². The van der Waals surface area contributed by atoms with Crippen LogP contribution in [0.4, 0.5) is 11.8 Å². The number of benzene rings is 1. The minimum absolute atomic E-state index is 0.294. The van der Waals surface area contributed by atoms with Gasteiger partial charge < -0.3 is 10.6 Å². The van der Waals surface area contributed by atoms with Crippen molar-refractivity contribution in [3.8, 4) is 0 Å². The molecular weight excluding hydrogens is 248 g/mol. The maximum absolute atomic E-state index is 5.96. The number of aryl methyl sites for hydroxylation is 1. The Balaban J connectivity index is 2.19. The van der Waals surface area contributed by atoms with E-state index in [2.05, 4.69) is 9.97 Å². The molecule has 94 valence electrons. The molecule has 0 aliphatic rings. The second-order valence-electron chi connectivity index (χ2n) is 4.21. The quantitative estimate of drug-likeness (QED) is 0.924. The van der Waals surface area contributed by atoms with Crippen molar-refractivity contribution >= 4 is 23.4 Å². The van der Waals surface area contributed by atoms with E-state index in [1.54, 1.807) is 0 Å². The minimum atomic E-state index is 0.294. The highest BCUT2D eigenvalue weighted by Crippen LogP contribution is 2.17. The van der Waals surface area contributed by atoms with Crippen LogP contribution in [0.25, 0.3) is 0 Å². The fraction of sp³-hybridized carbons (Fsp3) is 0.231. The third kappa shape index (κ3) is 3.11. The highest BCUT2D eigenvalue weighted by atomic mass is 35.5. The zero-order valence-corrected chi connectivity index (χ0v) is 11.1. The Labute approximate surface area is 111 Å². The van der Waals surface area contributed by atoms with Crippen molar-refractivity contribution in [2.24, 2.45) is 0 Å². The molecule has 1 heterocycles. The van der Waals surface area contributed by atoms with Crippen LogP contribution in [-0.4, -0.2) is 17.0 Å². The highest BCUT2D eigenvalue weighted by molar-refractivity contribution is 6.30. The van der Waals surface area contributed by atoms with Crippen LogP contribution in [0.15, 0.2) is 30.3 Å². The summed E-state index contributed by atoms with van der Waals surface area (Å²) >= 11 is 5.96. The summed E-state index contributed by atoms with van der Waals surface area (Å²) in [6.45, 7) is 2.62. The fourth-order valence-corrected chi connectivity index (χ4v) is 1.97. The van der Waals surface area contributed by atoms with Crippen molar-refractivity contribution < 1.29 is 0 Å². The molecule has 1 aromatic heterocycles. The summed E-state index contributed by atoms with van der Waals surface area (Å²) < 4.78 is 0. The van der Waals surface area contributed by atoms with E-state index in [1.165, 1.54) is 0 Å². The van der Waals surface area contributed by atoms with Gasteiger partial charge in [0.15, 0.2) is 0 Å². The highest BCUT2D eigenvalue weighted by Gasteiger charge is 2.06. The molecule has 0 saturated heterocycles. The van der Waals surface area contributed by atoms with Crippen LogP contribution in [0.5, 0.6) is 0 Å². The van der Waals surface area contributed by atoms with Gasteiger partial charge in [-0.1, -0.05) is 23.7 Å². The van der Waals surface area contributed by atoms with Crippen LogP contribution >= 0.6 is 11.6 Å². The summed E-state index contributed by atoms with van der Waals surface area (Å²) in [5.74, 6) is 1.10. The van der Waals surface area contributed by atoms with Crippen molar-refractivity contribution in [3.63, 3.8) is 0 Å². The number of aromatic nitrogens is 2. The van der Waals surface area contributed by atoms with E-state index in [4.69, 9.17) is 17.3 Å². The van der Waals surface area contributed by atoms with Crippen LogP contribution in [0.2, 0.25) is 5.02 Å². The number of anilines is 2. The van der Waals surface area contributed by atoms with Gasteiger partial charge in [0, 0.05) is 30.4 Å². The lowest BCUT2D eigenvalue weighted by atomic mass is 10.2. The molecule has 0 spiro atoms. The maximum Gasteiger partial charge on any atom is 0.222 e. The van der Waals surface area contributed by atoms with E-state index in [0.29, 0.717) is 5.95 Å². The van der Waals surface area contributed by atoms with Gasteiger partial charge >= 0.3 is 0 Å². The van der Waals surface area contributed by atoms with Gasteiger partial charge in [-0.15, -0.1) is 0 Å². The Morgan fingerprint density at radius 2 is 2.06 bits per heavy atom. The molecule has 0 saturated carbocycles. The third-order valence-corrected chi connectivity index (χ3v) is 2.79. The lowest BCUT2D eigenvalue weighted by Crippen LogP contribution is -2.18. The maximum atomic E-state index is 5.96. The molecule has 2 N–H and O–H groups in total. The number of halogens is 1. The SMILES string of the molecule is Cc1cc(N(C)Cc2cccc(Cl)c2)nc(N)n1. The third-order valence-electron chi connectivity index (χ3n) is 2.56. The van der Waals surface area contributed by atoms with Gasteiger partial charge in [-0.2, -0.15) is 4.98 Å². The zero-order chi connectivity index (χ0) is 13.1. The second kappa shape index (κ2) is 5.23. The number of nitrogens with two attached hydrogens (primary N) is 1. The summed E-state index contributed by atoms with van der Waals surface area (Å²) in [6, 6.07) is 9.67. The van der Waals surface area contributed by atoms with Gasteiger partial charge in [0.25, 0.3) is 0 Å². The molecule has 0 aliphatic heterocycles. The monoisotopic (exact) mass is 262 g/mol. The van der Waals surface area contributed by atoms with Gasteiger partial charge in [0.2, 0.25) is 5.95 Å². The molecule has 0 atom stereocenters. The summed E-state index contributed by atoms with van der Waals surface area (Å²) in [5, 5.41) is 0.735. The minimum Gasteiger partial charge on any atom is -0.368 e. The number of hydrogen-bond acceptors (Lipinski definition) is 4. The van der Waals surface area contributed by atoms with Crippen LogP contribution in [0.3, 0.4) is 0 Å². The fourth-order valence-electron chi connectivity index (χ4n) is 1.76. The molecule has 2 aromatic rings. The molecule has 2 rings (SSSR count). The van der Waals surface area contributed by atoms with Crippen molar-refractivity contribution in [2.75, 3.05) is 17.7 Å². The van der Waals surface area contributed by atoms with Gasteiger partial charge in [-0.25, -0.2) is 4.98 Å². The van der Waals surface area contributed by atoms with Crippen molar-refractivity contribution in [2.45, 2.75) is 13.5 Å². The topological polar surface area (TPSA) is 55.0 Å². The smallest absolute Gasteiger partial charge is 0.222 e. The van der Waals surface area contributed by atoms with Gasteiger partial charge in [-0.3, -0.25) is 0 Å². The number of hydrogen-bond donors (Lipinski definition) is 1. The Morgan fingerprint density at radius 3 is 2.72 bits per heavy atom. The standard InChI is InChI=1S/C13H15ClN4/c1-9-6-12(17-13(15)16-9)18(2)8-10-4-3-5-11(14)7-10/h3-7H,8H2,1-2H3,(H2,15,16,17). The normalized spacial score (nSPS) is 10.4. The molecule has 4 nitrogen and oxygen atoms in total. The van der Waals surface area contributed by atoms with Crippen LogP contribution in [-0.2, 0) is 6.54 Å². The molecular formula is C13H15ClN4. The number of nitrogens with zero attached hydrogens (tertiary/aromatic N) is 3. The predicted molar refractivity (Wildman–Crippen MR) is 74.7 cm³/mol. The molecule has 0 unspecified atom stereocenters. The summed E-state index contributed by atoms with van der Waals surface area (Å²) in [4.78, 5) is 10.3. The first-order valence-electron chi connectivity index (χ1n) is 5.61. The second-order valence-corrected chi connectivity index (χ2v) is 4.65. The Bertz CT molecular complexity index is 536. The lowest BCUT2D eigenvalue weighted by Gasteiger charge is -2.18. The Hall–Kier alpha value is -1.81. The Kier molecular flexibility index (Phi) is 3.67. The molecule has 0 fully saturated rings. The largest absolute Gasteiger partial charge is 0.368 e. The van der Waals surface area contributed by atoms with E-state index >= 15 is 0 Å². The number of rotatable bonds is 3. The molecule has 1 aromatic carbocycles. The van der Waals surface area contributed by atoms with Gasteiger partial charge in [0.1, 0.15) is 5.82 Å².